The molecule has 0 spiro atoms. The average molecular weight is 592 g/mol. The lowest BCUT2D eigenvalue weighted by molar-refractivity contribution is -0.146. The fourth-order valence-corrected chi connectivity index (χ4v) is 3.43. The van der Waals surface area contributed by atoms with Gasteiger partial charge in [0.25, 0.3) is 0 Å². The van der Waals surface area contributed by atoms with E-state index in [-0.39, 0.29) is 29.3 Å². The van der Waals surface area contributed by atoms with Crippen LogP contribution in [-0.2, 0) is 26.9 Å². The normalized spacial score (nSPS) is 11.2. The number of hydrogen-bond acceptors (Lipinski definition) is 5. The fourth-order valence-electron chi connectivity index (χ4n) is 3.43. The molecule has 0 amide bonds. The van der Waals surface area contributed by atoms with E-state index in [9.17, 15) is 22.4 Å². The van der Waals surface area contributed by atoms with E-state index in [1.165, 1.54) is 44.3 Å². The third-order valence-electron chi connectivity index (χ3n) is 5.50. The van der Waals surface area contributed by atoms with Crippen molar-refractivity contribution < 1.29 is 41.7 Å². The van der Waals surface area contributed by atoms with Gasteiger partial charge in [-0.15, -0.1) is 0 Å². The molecule has 2 rings (SSSR count). The van der Waals surface area contributed by atoms with E-state index >= 15 is 0 Å². The monoisotopic (exact) mass is 591 g/mol. The summed E-state index contributed by atoms with van der Waals surface area (Å²) in [5, 5.41) is 11.6. The molecule has 0 radical (unpaired) electrons. The molecule has 0 heterocycles. The molecule has 2 aromatic rings. The molecule has 0 aliphatic heterocycles. The van der Waals surface area contributed by atoms with Gasteiger partial charge >= 0.3 is 12.1 Å². The lowest BCUT2D eigenvalue weighted by Gasteiger charge is -2.15. The van der Waals surface area contributed by atoms with Crippen molar-refractivity contribution in [1.82, 2.24) is 5.32 Å². The Bertz CT molecular complexity index is 1340. The van der Waals surface area contributed by atoms with Crippen LogP contribution in [0.5, 0.6) is 5.75 Å². The Hall–Kier alpha value is -4.27. The molecule has 0 aliphatic carbocycles. The summed E-state index contributed by atoms with van der Waals surface area (Å²) in [6.07, 6.45) is -3.88. The molecule has 0 saturated heterocycles. The van der Waals surface area contributed by atoms with E-state index in [0.29, 0.717) is 23.1 Å². The van der Waals surface area contributed by atoms with Crippen molar-refractivity contribution in [2.24, 2.45) is 0 Å². The van der Waals surface area contributed by atoms with Crippen molar-refractivity contribution in [3.8, 4) is 5.75 Å². The summed E-state index contributed by atoms with van der Waals surface area (Å²) in [6.45, 7) is 18.5. The molecule has 0 saturated carbocycles. The van der Waals surface area contributed by atoms with E-state index in [1.54, 1.807) is 6.92 Å². The molecular weight excluding hydrogens is 554 g/mol. The number of aryl methyl sites for hydroxylation is 2. The number of carboxylic acids is 1. The Labute approximate surface area is 244 Å². The highest BCUT2D eigenvalue weighted by molar-refractivity contribution is 5.72. The minimum absolute atomic E-state index is 0.152. The number of aliphatic carboxylic acids is 1. The van der Waals surface area contributed by atoms with E-state index in [0.717, 1.165) is 24.5 Å². The van der Waals surface area contributed by atoms with Gasteiger partial charge in [0.05, 0.1) is 17.9 Å². The van der Waals surface area contributed by atoms with Crippen LogP contribution >= 0.6 is 0 Å². The van der Waals surface area contributed by atoms with Gasteiger partial charge in [0.1, 0.15) is 17.3 Å². The maximum Gasteiger partial charge on any atom is 0.416 e. The number of likely N-dealkylation sites (N-methyl/N-ethyl adjacent to an activating group) is 1. The zero-order valence-electron chi connectivity index (χ0n) is 24.5. The maximum absolute atomic E-state index is 14.4. The van der Waals surface area contributed by atoms with Crippen molar-refractivity contribution in [3.05, 3.63) is 113 Å². The first kappa shape index (κ1) is 35.8. The maximum atomic E-state index is 14.4. The van der Waals surface area contributed by atoms with Crippen LogP contribution in [0.25, 0.3) is 5.76 Å². The number of ether oxygens (including phenoxy) is 3. The number of rotatable bonds is 13. The topological polar surface area (TPSA) is 77.0 Å². The first-order valence-electron chi connectivity index (χ1n) is 12.9. The van der Waals surface area contributed by atoms with Crippen molar-refractivity contribution in [3.63, 3.8) is 0 Å². The number of hydrogen-bond donors (Lipinski definition) is 2. The number of benzene rings is 2. The number of alkyl halides is 3. The van der Waals surface area contributed by atoms with Crippen LogP contribution in [0.4, 0.5) is 17.6 Å². The molecule has 42 heavy (non-hydrogen) atoms. The van der Waals surface area contributed by atoms with Gasteiger partial charge in [-0.3, -0.25) is 5.32 Å². The second-order valence-corrected chi connectivity index (χ2v) is 9.05. The number of carbonyl (C=O) groups is 1. The van der Waals surface area contributed by atoms with E-state index < -0.39 is 29.8 Å². The number of halogens is 4. The van der Waals surface area contributed by atoms with Crippen LogP contribution in [0, 0.1) is 12.7 Å². The van der Waals surface area contributed by atoms with E-state index in [2.05, 4.69) is 30.8 Å². The second kappa shape index (κ2) is 16.9. The molecule has 0 bridgehead atoms. The highest BCUT2D eigenvalue weighted by Crippen LogP contribution is 2.32. The van der Waals surface area contributed by atoms with Gasteiger partial charge in [-0.1, -0.05) is 25.5 Å². The standard InChI is InChI=1S/C27H27F4NO4.C5H10O/c1-6-18(4)35-24(22-11-9-20(14-17(22)3)27(29,30)31)13-16(2)7-8-19-15-21(10-12-23(19)28)36-25(32-5)26(33)34;1-4-6-5(2)3/h6,9-12,14-15,25,32H,1,4,7-8H2,2-3,5H3,(H,33,34);2,4H2,1,3H3. The molecule has 6 nitrogen and oxygen atoms in total. The molecule has 10 heteroatoms. The van der Waals surface area contributed by atoms with Crippen molar-refractivity contribution in [1.29, 1.82) is 0 Å². The fraction of sp³-hybridized carbons (Fsp3) is 0.312. The number of carboxylic acid groups (broad SMARTS) is 1. The third-order valence-corrected chi connectivity index (χ3v) is 5.50. The molecule has 1 unspecified atom stereocenters. The number of nitrogens with one attached hydrogen (secondary N) is 1. The molecule has 0 aromatic heterocycles. The number of allylic oxidation sites excluding steroid dienone is 3. The summed E-state index contributed by atoms with van der Waals surface area (Å²) < 4.78 is 69.4. The lowest BCUT2D eigenvalue weighted by atomic mass is 10.0. The zero-order chi connectivity index (χ0) is 32.0. The first-order chi connectivity index (χ1) is 19.6. The molecule has 0 fully saturated rings. The van der Waals surface area contributed by atoms with Crippen molar-refractivity contribution in [2.75, 3.05) is 13.7 Å². The summed E-state index contributed by atoms with van der Waals surface area (Å²) in [6, 6.07) is 7.19. The van der Waals surface area contributed by atoms with E-state index in [1.807, 2.05) is 13.8 Å². The molecule has 228 valence electrons. The van der Waals surface area contributed by atoms with Gasteiger partial charge in [-0.25, -0.2) is 9.18 Å². The minimum atomic E-state index is -4.48. The SMILES string of the molecule is C=C(C)OCC.C=CC(=C)OC(=C=C(C)CCc1cc(OC(NC)C(=O)O)ccc1F)c1ccc(C(F)(F)F)cc1C. The molecule has 0 aliphatic rings. The zero-order valence-corrected chi connectivity index (χ0v) is 24.5. The molecular formula is C32H37F4NO5. The third kappa shape index (κ3) is 12.1. The average Bonchev–Trinajstić information content (AvgIpc) is 2.90. The predicted molar refractivity (Wildman–Crippen MR) is 155 cm³/mol. The smallest absolute Gasteiger partial charge is 0.416 e. The van der Waals surface area contributed by atoms with Crippen LogP contribution < -0.4 is 10.1 Å². The highest BCUT2D eigenvalue weighted by atomic mass is 19.4. The van der Waals surface area contributed by atoms with Crippen molar-refractivity contribution in [2.45, 2.75) is 52.9 Å². The van der Waals surface area contributed by atoms with Gasteiger partial charge in [-0.2, -0.15) is 13.2 Å². The lowest BCUT2D eigenvalue weighted by Crippen LogP contribution is -2.39. The Balaban J connectivity index is 0.00000132. The highest BCUT2D eigenvalue weighted by Gasteiger charge is 2.31. The van der Waals surface area contributed by atoms with Crippen LogP contribution in [0.3, 0.4) is 0 Å². The minimum Gasteiger partial charge on any atom is -0.499 e. The van der Waals surface area contributed by atoms with Gasteiger partial charge in [0.2, 0.25) is 6.23 Å². The Morgan fingerprint density at radius 1 is 1.17 bits per heavy atom. The largest absolute Gasteiger partial charge is 0.499 e. The Morgan fingerprint density at radius 3 is 2.31 bits per heavy atom. The summed E-state index contributed by atoms with van der Waals surface area (Å²) in [4.78, 5) is 11.2. The van der Waals surface area contributed by atoms with Crippen LogP contribution in [0.2, 0.25) is 0 Å². The van der Waals surface area contributed by atoms with Gasteiger partial charge < -0.3 is 19.3 Å². The first-order valence-corrected chi connectivity index (χ1v) is 12.9. The van der Waals surface area contributed by atoms with Gasteiger partial charge in [0.15, 0.2) is 5.76 Å². The summed E-state index contributed by atoms with van der Waals surface area (Å²) in [5.41, 5.74) is 3.88. The quantitative estimate of drug-likeness (QED) is 0.0810. The summed E-state index contributed by atoms with van der Waals surface area (Å²) in [7, 11) is 1.42. The van der Waals surface area contributed by atoms with Crippen molar-refractivity contribution >= 4 is 11.7 Å². The molecule has 2 N–H and O–H groups in total. The molecule has 1 atom stereocenters. The van der Waals surface area contributed by atoms with E-state index in [4.69, 9.17) is 19.3 Å². The predicted octanol–water partition coefficient (Wildman–Crippen LogP) is 7.95. The summed E-state index contributed by atoms with van der Waals surface area (Å²) >= 11 is 0. The second-order valence-electron chi connectivity index (χ2n) is 9.05. The summed E-state index contributed by atoms with van der Waals surface area (Å²) in [5.74, 6) is -0.419. The van der Waals surface area contributed by atoms with Gasteiger partial charge in [0, 0.05) is 5.56 Å². The van der Waals surface area contributed by atoms with Crippen LogP contribution in [0.1, 0.15) is 49.4 Å². The van der Waals surface area contributed by atoms with Gasteiger partial charge in [-0.05, 0) is 107 Å². The Kier molecular flexibility index (Phi) is 14.4. The molecule has 2 aromatic carbocycles. The van der Waals surface area contributed by atoms with Crippen LogP contribution in [0.15, 0.2) is 85.0 Å². The Morgan fingerprint density at radius 2 is 1.83 bits per heavy atom. The van der Waals surface area contributed by atoms with Crippen LogP contribution in [-0.4, -0.2) is 31.0 Å².